The highest BCUT2D eigenvalue weighted by molar-refractivity contribution is 5.19. The average molecular weight is 368 g/mol. The van der Waals surface area contributed by atoms with Gasteiger partial charge in [0, 0.05) is 19.1 Å². The zero-order valence-electron chi connectivity index (χ0n) is 16.5. The quantitative estimate of drug-likeness (QED) is 0.856. The molecule has 3 nitrogen and oxygen atoms in total. The molecule has 1 saturated heterocycles. The number of nitrogens with zero attached hydrogens (tertiary/aromatic N) is 1. The van der Waals surface area contributed by atoms with Crippen molar-refractivity contribution in [1.82, 2.24) is 4.90 Å². The summed E-state index contributed by atoms with van der Waals surface area (Å²) in [5, 5.41) is 20.2. The fourth-order valence-corrected chi connectivity index (χ4v) is 4.48. The van der Waals surface area contributed by atoms with Crippen molar-refractivity contribution in [3.05, 3.63) is 71.8 Å². The summed E-state index contributed by atoms with van der Waals surface area (Å²) in [7, 11) is 0. The molecule has 2 N–H and O–H groups in total. The molecule has 2 aromatic rings. The minimum absolute atomic E-state index is 0.0912. The second-order valence-corrected chi connectivity index (χ2v) is 8.03. The van der Waals surface area contributed by atoms with Crippen LogP contribution in [0.4, 0.5) is 0 Å². The van der Waals surface area contributed by atoms with Crippen LogP contribution in [0.25, 0.3) is 0 Å². The topological polar surface area (TPSA) is 43.7 Å². The van der Waals surface area contributed by atoms with Crippen molar-refractivity contribution in [3.8, 4) is 0 Å². The number of hydrogen-bond donors (Lipinski definition) is 2. The van der Waals surface area contributed by atoms with E-state index in [4.69, 9.17) is 0 Å². The van der Waals surface area contributed by atoms with E-state index in [1.165, 1.54) is 5.56 Å². The van der Waals surface area contributed by atoms with E-state index in [0.717, 1.165) is 37.9 Å². The van der Waals surface area contributed by atoms with Crippen molar-refractivity contribution >= 4 is 0 Å². The lowest BCUT2D eigenvalue weighted by Gasteiger charge is -2.29. The fourth-order valence-electron chi connectivity index (χ4n) is 4.48. The summed E-state index contributed by atoms with van der Waals surface area (Å²) in [6.07, 6.45) is 2.50. The van der Waals surface area contributed by atoms with E-state index in [0.29, 0.717) is 11.8 Å². The molecule has 0 radical (unpaired) electrons. The highest BCUT2D eigenvalue weighted by atomic mass is 16.3. The first-order valence-corrected chi connectivity index (χ1v) is 10.3. The second-order valence-electron chi connectivity index (χ2n) is 8.03. The van der Waals surface area contributed by atoms with E-state index in [-0.39, 0.29) is 12.1 Å². The van der Waals surface area contributed by atoms with E-state index in [9.17, 15) is 10.2 Å². The van der Waals surface area contributed by atoms with Crippen LogP contribution >= 0.6 is 0 Å². The Morgan fingerprint density at radius 2 is 1.44 bits per heavy atom. The number of benzene rings is 2. The summed E-state index contributed by atoms with van der Waals surface area (Å²) in [6, 6.07) is 20.5. The van der Waals surface area contributed by atoms with Gasteiger partial charge in [-0.05, 0) is 49.1 Å². The minimum Gasteiger partial charge on any atom is -0.393 e. The fraction of sp³-hybridized carbons (Fsp3) is 0.500. The molecule has 3 heteroatoms. The maximum atomic E-state index is 10.5. The predicted molar refractivity (Wildman–Crippen MR) is 110 cm³/mol. The molecular formula is C24H33NO2. The van der Waals surface area contributed by atoms with E-state index in [1.807, 2.05) is 36.4 Å². The van der Waals surface area contributed by atoms with Gasteiger partial charge in [-0.15, -0.1) is 0 Å². The van der Waals surface area contributed by atoms with Crippen LogP contribution in [0.2, 0.25) is 0 Å². The first kappa shape index (κ1) is 20.1. The largest absolute Gasteiger partial charge is 0.393 e. The molecule has 1 saturated carbocycles. The van der Waals surface area contributed by atoms with Gasteiger partial charge < -0.3 is 10.2 Å². The highest BCUT2D eigenvalue weighted by Crippen LogP contribution is 2.40. The molecule has 1 heterocycles. The molecular weight excluding hydrogens is 334 g/mol. The molecule has 2 aromatic carbocycles. The summed E-state index contributed by atoms with van der Waals surface area (Å²) in [6.45, 7) is 6.31. The zero-order chi connectivity index (χ0) is 19.2. The lowest BCUT2D eigenvalue weighted by atomic mass is 10.0. The number of hydrogen-bond acceptors (Lipinski definition) is 3. The Morgan fingerprint density at radius 1 is 0.926 bits per heavy atom. The monoisotopic (exact) mass is 367 g/mol. The van der Waals surface area contributed by atoms with Crippen molar-refractivity contribution < 1.29 is 10.2 Å². The van der Waals surface area contributed by atoms with Gasteiger partial charge in [-0.1, -0.05) is 67.6 Å². The van der Waals surface area contributed by atoms with Crippen LogP contribution in [0.1, 0.15) is 43.9 Å². The van der Waals surface area contributed by atoms with Gasteiger partial charge in [0.2, 0.25) is 0 Å². The summed E-state index contributed by atoms with van der Waals surface area (Å²) in [4.78, 5) is 2.39. The summed E-state index contributed by atoms with van der Waals surface area (Å²) in [5.74, 6) is 1.25. The molecule has 146 valence electrons. The van der Waals surface area contributed by atoms with Gasteiger partial charge in [-0.2, -0.15) is 0 Å². The summed E-state index contributed by atoms with van der Waals surface area (Å²) in [5.41, 5.74) is 2.40. The van der Waals surface area contributed by atoms with Crippen LogP contribution < -0.4 is 0 Å². The second kappa shape index (κ2) is 9.50. The third-order valence-electron chi connectivity index (χ3n) is 6.18. The maximum absolute atomic E-state index is 10.5. The van der Waals surface area contributed by atoms with Crippen LogP contribution in [-0.2, 0) is 6.42 Å². The van der Waals surface area contributed by atoms with Gasteiger partial charge in [0.25, 0.3) is 0 Å². The number of aliphatic hydroxyl groups is 2. The predicted octanol–water partition coefficient (Wildman–Crippen LogP) is 4.06. The molecule has 3 unspecified atom stereocenters. The van der Waals surface area contributed by atoms with E-state index >= 15 is 0 Å². The highest BCUT2D eigenvalue weighted by Gasteiger charge is 2.42. The van der Waals surface area contributed by atoms with Crippen molar-refractivity contribution in [2.24, 2.45) is 11.8 Å². The van der Waals surface area contributed by atoms with Crippen molar-refractivity contribution in [1.29, 1.82) is 0 Å². The van der Waals surface area contributed by atoms with Gasteiger partial charge in [0.1, 0.15) is 0 Å². The number of fused-ring (bicyclic) bond motifs is 1. The van der Waals surface area contributed by atoms with E-state index in [2.05, 4.69) is 43.0 Å². The van der Waals surface area contributed by atoms with Crippen LogP contribution in [0.3, 0.4) is 0 Å². The minimum atomic E-state index is -0.426. The maximum Gasteiger partial charge on any atom is 0.0942 e. The van der Waals surface area contributed by atoms with Crippen LogP contribution in [0, 0.1) is 11.8 Å². The number of aryl methyl sites for hydroxylation is 1. The zero-order valence-corrected chi connectivity index (χ0v) is 16.5. The number of rotatable bonds is 4. The molecule has 27 heavy (non-hydrogen) atoms. The first-order chi connectivity index (χ1) is 13.1. The molecule has 2 aliphatic rings. The van der Waals surface area contributed by atoms with Crippen molar-refractivity contribution in [2.75, 3.05) is 13.1 Å². The SMILES string of the molecule is CC(C(O)c1ccccc1)N1C[C@H]2CC(O)C[C@H]2C1.CCc1ccccc1. The normalized spacial score (nSPS) is 26.7. The van der Waals surface area contributed by atoms with Gasteiger partial charge in [-0.3, -0.25) is 4.90 Å². The van der Waals surface area contributed by atoms with Gasteiger partial charge >= 0.3 is 0 Å². The van der Waals surface area contributed by atoms with Gasteiger partial charge in [0.05, 0.1) is 12.2 Å². The lowest BCUT2D eigenvalue weighted by molar-refractivity contribution is 0.0626. The molecule has 0 bridgehead atoms. The lowest BCUT2D eigenvalue weighted by Crippen LogP contribution is -2.36. The molecule has 4 rings (SSSR count). The van der Waals surface area contributed by atoms with Crippen LogP contribution in [0.5, 0.6) is 0 Å². The number of likely N-dealkylation sites (tertiary alicyclic amines) is 1. The van der Waals surface area contributed by atoms with Crippen molar-refractivity contribution in [2.45, 2.75) is 51.4 Å². The van der Waals surface area contributed by atoms with Crippen LogP contribution in [-0.4, -0.2) is 40.3 Å². The molecule has 1 aliphatic heterocycles. The molecule has 0 amide bonds. The third-order valence-corrected chi connectivity index (χ3v) is 6.18. The molecule has 0 spiro atoms. The molecule has 0 aromatic heterocycles. The Morgan fingerprint density at radius 3 is 1.93 bits per heavy atom. The Labute approximate surface area is 163 Å². The Hall–Kier alpha value is -1.68. The molecule has 2 fully saturated rings. The Balaban J connectivity index is 0.000000221. The van der Waals surface area contributed by atoms with E-state index in [1.54, 1.807) is 0 Å². The standard InChI is InChI=1S/C16H23NO2.C8H10/c1-11(16(19)12-5-3-2-4-6-12)17-9-13-7-15(18)8-14(13)10-17;1-2-8-6-4-3-5-7-8/h2-6,11,13-16,18-19H,7-10H2,1H3;3-7H,2H2,1H3/t11?,13-,14+,15?,16?;. The van der Waals surface area contributed by atoms with Crippen molar-refractivity contribution in [3.63, 3.8) is 0 Å². The van der Waals surface area contributed by atoms with Gasteiger partial charge in [0.15, 0.2) is 0 Å². The third kappa shape index (κ3) is 5.19. The summed E-state index contributed by atoms with van der Waals surface area (Å²) < 4.78 is 0. The molecule has 5 atom stereocenters. The first-order valence-electron chi connectivity index (χ1n) is 10.3. The van der Waals surface area contributed by atoms with Crippen LogP contribution in [0.15, 0.2) is 60.7 Å². The molecule has 1 aliphatic carbocycles. The smallest absolute Gasteiger partial charge is 0.0942 e. The Kier molecular flexibility index (Phi) is 7.06. The summed E-state index contributed by atoms with van der Waals surface area (Å²) >= 11 is 0. The average Bonchev–Trinajstić information content (AvgIpc) is 3.26. The van der Waals surface area contributed by atoms with Gasteiger partial charge in [-0.25, -0.2) is 0 Å². The number of aliphatic hydroxyl groups excluding tert-OH is 2. The van der Waals surface area contributed by atoms with E-state index < -0.39 is 6.10 Å². The Bertz CT molecular complexity index is 661.